The number of allylic oxidation sites excluding steroid dienone is 2. The second kappa shape index (κ2) is 7.81. The van der Waals surface area contributed by atoms with Crippen LogP contribution in [0.5, 0.6) is 5.75 Å². The van der Waals surface area contributed by atoms with Gasteiger partial charge in [0.15, 0.2) is 11.5 Å². The van der Waals surface area contributed by atoms with Crippen LogP contribution in [0.15, 0.2) is 23.9 Å². The molecule has 0 saturated heterocycles. The fourth-order valence-electron chi connectivity index (χ4n) is 2.52. The maximum Gasteiger partial charge on any atom is 0.209 e. The normalized spacial score (nSPS) is 13.6. The van der Waals surface area contributed by atoms with E-state index in [-0.39, 0.29) is 28.4 Å². The van der Waals surface area contributed by atoms with Gasteiger partial charge in [-0.25, -0.2) is 0 Å². The van der Waals surface area contributed by atoms with Crippen LogP contribution < -0.4 is 10.6 Å². The molecule has 0 saturated carbocycles. The number of nitrogens with one attached hydrogen (secondary N) is 2. The lowest BCUT2D eigenvalue weighted by Gasteiger charge is -2.19. The Kier molecular flexibility index (Phi) is 5.79. The summed E-state index contributed by atoms with van der Waals surface area (Å²) in [4.78, 5) is 24.8. The van der Waals surface area contributed by atoms with Gasteiger partial charge in [0, 0.05) is 24.7 Å². The number of hydrogen-bond donors (Lipinski definition) is 3. The van der Waals surface area contributed by atoms with Crippen molar-refractivity contribution in [3.05, 3.63) is 35.0 Å². The number of aromatic hydroxyl groups is 1. The number of rotatable bonds is 8. The average molecular weight is 316 g/mol. The smallest absolute Gasteiger partial charge is 0.209 e. The molecule has 23 heavy (non-hydrogen) atoms. The van der Waals surface area contributed by atoms with E-state index in [0.717, 1.165) is 25.7 Å². The predicted octanol–water partition coefficient (Wildman–Crippen LogP) is 3.26. The van der Waals surface area contributed by atoms with E-state index in [1.807, 2.05) is 0 Å². The van der Waals surface area contributed by atoms with E-state index in [4.69, 9.17) is 0 Å². The Labute approximate surface area is 136 Å². The van der Waals surface area contributed by atoms with Crippen LogP contribution in [-0.4, -0.2) is 29.8 Å². The first-order valence-electron chi connectivity index (χ1n) is 8.24. The van der Waals surface area contributed by atoms with Crippen LogP contribution in [0.3, 0.4) is 0 Å². The van der Waals surface area contributed by atoms with Crippen LogP contribution >= 0.6 is 0 Å². The van der Waals surface area contributed by atoms with E-state index >= 15 is 0 Å². The predicted molar refractivity (Wildman–Crippen MR) is 91.2 cm³/mol. The summed E-state index contributed by atoms with van der Waals surface area (Å²) in [7, 11) is 0. The molecule has 0 bridgehead atoms. The molecule has 1 aromatic carbocycles. The molecule has 1 aliphatic rings. The lowest BCUT2D eigenvalue weighted by molar-refractivity contribution is 0.0976. The van der Waals surface area contributed by atoms with Gasteiger partial charge in [0.05, 0.1) is 16.9 Å². The molecule has 0 radical (unpaired) electrons. The Morgan fingerprint density at radius 1 is 1.00 bits per heavy atom. The molecule has 124 valence electrons. The highest BCUT2D eigenvalue weighted by molar-refractivity contribution is 6.25. The van der Waals surface area contributed by atoms with Crippen molar-refractivity contribution in [2.24, 2.45) is 0 Å². The van der Waals surface area contributed by atoms with Crippen LogP contribution in [0.25, 0.3) is 0 Å². The third-order valence-corrected chi connectivity index (χ3v) is 3.88. The van der Waals surface area contributed by atoms with E-state index in [9.17, 15) is 14.7 Å². The van der Waals surface area contributed by atoms with Crippen LogP contribution in [0, 0.1) is 0 Å². The molecule has 0 unspecified atom stereocenters. The number of carbonyl (C=O) groups is 2. The Morgan fingerprint density at radius 3 is 2.30 bits per heavy atom. The van der Waals surface area contributed by atoms with E-state index in [1.165, 1.54) is 6.08 Å². The van der Waals surface area contributed by atoms with Gasteiger partial charge < -0.3 is 15.7 Å². The number of anilines is 1. The second-order valence-electron chi connectivity index (χ2n) is 5.70. The van der Waals surface area contributed by atoms with E-state index < -0.39 is 0 Å². The Morgan fingerprint density at radius 2 is 1.65 bits per heavy atom. The summed E-state index contributed by atoms with van der Waals surface area (Å²) in [5, 5.41) is 16.5. The summed E-state index contributed by atoms with van der Waals surface area (Å²) < 4.78 is 0. The van der Waals surface area contributed by atoms with Crippen molar-refractivity contribution in [3.8, 4) is 5.75 Å². The lowest BCUT2D eigenvalue weighted by atomic mass is 9.91. The number of phenolic OH excluding ortho intramolecular Hbond substituents is 1. The zero-order chi connectivity index (χ0) is 16.8. The molecule has 0 aliphatic heterocycles. The van der Waals surface area contributed by atoms with Crippen molar-refractivity contribution in [1.82, 2.24) is 5.32 Å². The number of fused-ring (bicyclic) bond motifs is 1. The van der Waals surface area contributed by atoms with Crippen molar-refractivity contribution >= 4 is 17.3 Å². The molecule has 1 aromatic rings. The summed E-state index contributed by atoms with van der Waals surface area (Å²) in [6.45, 7) is 5.50. The van der Waals surface area contributed by atoms with E-state index in [1.54, 1.807) is 12.1 Å². The van der Waals surface area contributed by atoms with Crippen molar-refractivity contribution < 1.29 is 14.7 Å². The first-order chi connectivity index (χ1) is 11.1. The number of ketones is 2. The molecule has 1 aliphatic carbocycles. The lowest BCUT2D eigenvalue weighted by Crippen LogP contribution is -2.27. The summed E-state index contributed by atoms with van der Waals surface area (Å²) in [5.41, 5.74) is 1.16. The molecule has 2 rings (SSSR count). The quantitative estimate of drug-likeness (QED) is 0.507. The van der Waals surface area contributed by atoms with Crippen molar-refractivity contribution in [1.29, 1.82) is 0 Å². The highest BCUT2D eigenvalue weighted by Crippen LogP contribution is 2.34. The van der Waals surface area contributed by atoms with E-state index in [0.29, 0.717) is 24.5 Å². The molecule has 0 atom stereocenters. The molecule has 0 heterocycles. The highest BCUT2D eigenvalue weighted by atomic mass is 16.3. The second-order valence-corrected chi connectivity index (χ2v) is 5.70. The Bertz CT molecular complexity index is 635. The van der Waals surface area contributed by atoms with Gasteiger partial charge in [-0.3, -0.25) is 9.59 Å². The number of carbonyl (C=O) groups excluding carboxylic acids is 2. The molecule has 3 N–H and O–H groups in total. The first-order valence-corrected chi connectivity index (χ1v) is 8.24. The highest BCUT2D eigenvalue weighted by Gasteiger charge is 2.29. The van der Waals surface area contributed by atoms with Gasteiger partial charge in [0.2, 0.25) is 5.78 Å². The number of phenols is 1. The maximum absolute atomic E-state index is 12.5. The number of benzene rings is 1. The van der Waals surface area contributed by atoms with Gasteiger partial charge >= 0.3 is 0 Å². The van der Waals surface area contributed by atoms with Gasteiger partial charge in [-0.15, -0.1) is 0 Å². The summed E-state index contributed by atoms with van der Waals surface area (Å²) in [6, 6.07) is 3.27. The number of unbranched alkanes of at least 4 members (excludes halogenated alkanes) is 2. The molecule has 5 nitrogen and oxygen atoms in total. The van der Waals surface area contributed by atoms with Gasteiger partial charge in [0.25, 0.3) is 0 Å². The molecular formula is C18H24N2O3. The summed E-state index contributed by atoms with van der Waals surface area (Å²) >= 11 is 0. The average Bonchev–Trinajstić information content (AvgIpc) is 2.53. The zero-order valence-electron chi connectivity index (χ0n) is 13.7. The summed E-state index contributed by atoms with van der Waals surface area (Å²) in [5.74, 6) is -0.720. The first kappa shape index (κ1) is 17.1. The molecule has 0 aromatic heterocycles. The van der Waals surface area contributed by atoms with Crippen molar-refractivity contribution in [2.75, 3.05) is 18.4 Å². The van der Waals surface area contributed by atoms with Gasteiger partial charge in [-0.2, -0.15) is 0 Å². The Hall–Kier alpha value is -2.30. The number of hydrogen-bond acceptors (Lipinski definition) is 5. The van der Waals surface area contributed by atoms with Gasteiger partial charge in [0.1, 0.15) is 0 Å². The summed E-state index contributed by atoms with van der Waals surface area (Å²) in [6.07, 6.45) is 5.22. The topological polar surface area (TPSA) is 78.4 Å². The van der Waals surface area contributed by atoms with Crippen LogP contribution in [-0.2, 0) is 0 Å². The van der Waals surface area contributed by atoms with Crippen LogP contribution in [0.4, 0.5) is 5.69 Å². The van der Waals surface area contributed by atoms with Crippen molar-refractivity contribution in [3.63, 3.8) is 0 Å². The molecular weight excluding hydrogens is 292 g/mol. The minimum Gasteiger partial charge on any atom is -0.505 e. The molecule has 5 heteroatoms. The zero-order valence-corrected chi connectivity index (χ0v) is 13.7. The molecule has 0 fully saturated rings. The monoisotopic (exact) mass is 316 g/mol. The molecule has 0 spiro atoms. The minimum absolute atomic E-state index is 0.0949. The standard InChI is InChI=1S/C18H24N2O3/c1-3-5-9-19-13-8-7-12-16(18(13)23)15(21)11-14(17(12)22)20-10-6-4-2/h7-8,11,19-20,23H,3-6,9-10H2,1-2H3. The van der Waals surface area contributed by atoms with Crippen LogP contribution in [0.2, 0.25) is 0 Å². The largest absolute Gasteiger partial charge is 0.505 e. The fourth-order valence-corrected chi connectivity index (χ4v) is 2.52. The Balaban J connectivity index is 2.24. The van der Waals surface area contributed by atoms with Crippen molar-refractivity contribution in [2.45, 2.75) is 39.5 Å². The third kappa shape index (κ3) is 3.73. The van der Waals surface area contributed by atoms with Gasteiger partial charge in [-0.05, 0) is 25.0 Å². The third-order valence-electron chi connectivity index (χ3n) is 3.88. The number of Topliss-reactive ketones (excluding diaryl/α,β-unsaturated/α-hetero) is 1. The van der Waals surface area contributed by atoms with Gasteiger partial charge in [-0.1, -0.05) is 26.7 Å². The fraction of sp³-hybridized carbons (Fsp3) is 0.444. The maximum atomic E-state index is 12.5. The minimum atomic E-state index is -0.338. The van der Waals surface area contributed by atoms with Crippen LogP contribution in [0.1, 0.15) is 60.2 Å². The van der Waals surface area contributed by atoms with E-state index in [2.05, 4.69) is 24.5 Å². The SMILES string of the molecule is CCCCNC1=CC(=O)c2c(ccc(NCCCC)c2O)C1=O. The molecule has 0 amide bonds.